The Hall–Kier alpha value is -1.83. The summed E-state index contributed by atoms with van der Waals surface area (Å²) in [4.78, 5) is 38.7. The highest BCUT2D eigenvalue weighted by molar-refractivity contribution is 6.01. The average Bonchev–Trinajstić information content (AvgIpc) is 2.73. The van der Waals surface area contributed by atoms with Crippen LogP contribution in [0, 0.1) is 12.3 Å². The molecule has 0 N–H and O–H groups in total. The zero-order valence-corrected chi connectivity index (χ0v) is 11.7. The SMILES string of the molecule is C#CCCCCCCCCC(=O)ON1C(=O)CCC1=O. The fourth-order valence-electron chi connectivity index (χ4n) is 2.01. The van der Waals surface area contributed by atoms with Crippen molar-refractivity contribution in [3.05, 3.63) is 0 Å². The molecule has 0 atom stereocenters. The van der Waals surface area contributed by atoms with E-state index in [9.17, 15) is 14.4 Å². The highest BCUT2D eigenvalue weighted by Crippen LogP contribution is 2.14. The van der Waals surface area contributed by atoms with E-state index in [1.54, 1.807) is 0 Å². The molecule has 110 valence electrons. The van der Waals surface area contributed by atoms with E-state index in [1.807, 2.05) is 0 Å². The Balaban J connectivity index is 2.02. The summed E-state index contributed by atoms with van der Waals surface area (Å²) < 4.78 is 0. The lowest BCUT2D eigenvalue weighted by molar-refractivity contribution is -0.197. The summed E-state index contributed by atoms with van der Waals surface area (Å²) in [6.07, 6.45) is 12.5. The van der Waals surface area contributed by atoms with Gasteiger partial charge >= 0.3 is 5.97 Å². The van der Waals surface area contributed by atoms with E-state index in [4.69, 9.17) is 11.3 Å². The zero-order chi connectivity index (χ0) is 14.8. The Bertz CT molecular complexity index is 381. The van der Waals surface area contributed by atoms with E-state index in [1.165, 1.54) is 0 Å². The Kier molecular flexibility index (Phi) is 7.41. The van der Waals surface area contributed by atoms with Crippen molar-refractivity contribution in [3.8, 4) is 12.3 Å². The number of hydrogen-bond acceptors (Lipinski definition) is 4. The van der Waals surface area contributed by atoms with Crippen LogP contribution >= 0.6 is 0 Å². The van der Waals surface area contributed by atoms with Gasteiger partial charge in [0.05, 0.1) is 0 Å². The molecular weight excluding hydrogens is 258 g/mol. The van der Waals surface area contributed by atoms with Gasteiger partial charge in [0, 0.05) is 25.7 Å². The van der Waals surface area contributed by atoms with Crippen LogP contribution in [0.3, 0.4) is 0 Å². The van der Waals surface area contributed by atoms with E-state index >= 15 is 0 Å². The van der Waals surface area contributed by atoms with Crippen LogP contribution in [0.25, 0.3) is 0 Å². The van der Waals surface area contributed by atoms with Gasteiger partial charge in [0.1, 0.15) is 0 Å². The summed E-state index contributed by atoms with van der Waals surface area (Å²) in [6.45, 7) is 0. The predicted molar refractivity (Wildman–Crippen MR) is 72.9 cm³/mol. The number of hydroxylamine groups is 2. The largest absolute Gasteiger partial charge is 0.333 e. The number of carbonyl (C=O) groups excluding carboxylic acids is 3. The number of hydrogen-bond donors (Lipinski definition) is 0. The van der Waals surface area contributed by atoms with Crippen molar-refractivity contribution < 1.29 is 19.2 Å². The smallest absolute Gasteiger partial charge is 0.330 e. The summed E-state index contributed by atoms with van der Waals surface area (Å²) in [5.74, 6) is 1.23. The number of nitrogens with zero attached hydrogens (tertiary/aromatic N) is 1. The van der Waals surface area contributed by atoms with Gasteiger partial charge in [-0.1, -0.05) is 25.7 Å². The third kappa shape index (κ3) is 5.87. The second kappa shape index (κ2) is 9.13. The summed E-state index contributed by atoms with van der Waals surface area (Å²) in [5, 5.41) is 0.599. The first-order chi connectivity index (χ1) is 9.65. The van der Waals surface area contributed by atoms with E-state index in [2.05, 4.69) is 5.92 Å². The minimum absolute atomic E-state index is 0.129. The molecule has 0 aromatic heterocycles. The summed E-state index contributed by atoms with van der Waals surface area (Å²) in [5.41, 5.74) is 0. The third-order valence-electron chi connectivity index (χ3n) is 3.15. The molecule has 0 unspecified atom stereocenters. The van der Waals surface area contributed by atoms with E-state index in [-0.39, 0.29) is 19.3 Å². The highest BCUT2D eigenvalue weighted by Gasteiger charge is 2.32. The summed E-state index contributed by atoms with van der Waals surface area (Å²) in [7, 11) is 0. The summed E-state index contributed by atoms with van der Waals surface area (Å²) in [6, 6.07) is 0. The topological polar surface area (TPSA) is 63.7 Å². The van der Waals surface area contributed by atoms with Gasteiger partial charge in [0.25, 0.3) is 11.8 Å². The molecule has 1 rings (SSSR count). The number of unbranched alkanes of at least 4 members (excludes halogenated alkanes) is 6. The van der Waals surface area contributed by atoms with Crippen LogP contribution in [0.1, 0.15) is 64.2 Å². The normalized spacial score (nSPS) is 14.4. The molecule has 2 amide bonds. The number of rotatable bonds is 9. The standard InChI is InChI=1S/C15H21NO4/c1-2-3-4-5-6-7-8-9-10-15(19)20-16-13(17)11-12-14(16)18/h1H,3-12H2. The van der Waals surface area contributed by atoms with Crippen molar-refractivity contribution >= 4 is 17.8 Å². The molecule has 5 heteroatoms. The summed E-state index contributed by atoms with van der Waals surface area (Å²) >= 11 is 0. The fourth-order valence-corrected chi connectivity index (χ4v) is 2.01. The molecule has 1 aliphatic heterocycles. The maximum Gasteiger partial charge on any atom is 0.333 e. The average molecular weight is 279 g/mol. The van der Waals surface area contributed by atoms with Crippen LogP contribution in [0.5, 0.6) is 0 Å². The Morgan fingerprint density at radius 3 is 2.20 bits per heavy atom. The molecule has 5 nitrogen and oxygen atoms in total. The Labute approximate surface area is 119 Å². The van der Waals surface area contributed by atoms with Crippen LogP contribution in [0.4, 0.5) is 0 Å². The quantitative estimate of drug-likeness (QED) is 0.369. The van der Waals surface area contributed by atoms with Crippen molar-refractivity contribution in [2.45, 2.75) is 64.2 Å². The first-order valence-electron chi connectivity index (χ1n) is 7.15. The van der Waals surface area contributed by atoms with Crippen LogP contribution < -0.4 is 0 Å². The lowest BCUT2D eigenvalue weighted by Gasteiger charge is -2.12. The second-order valence-electron chi connectivity index (χ2n) is 4.87. The first kappa shape index (κ1) is 16.2. The monoisotopic (exact) mass is 279 g/mol. The molecule has 1 aliphatic rings. The predicted octanol–water partition coefficient (Wildman–Crippen LogP) is 2.35. The van der Waals surface area contributed by atoms with Crippen molar-refractivity contribution in [1.82, 2.24) is 5.06 Å². The second-order valence-corrected chi connectivity index (χ2v) is 4.87. The Morgan fingerprint density at radius 1 is 1.05 bits per heavy atom. The minimum atomic E-state index is -0.513. The van der Waals surface area contributed by atoms with Crippen molar-refractivity contribution in [3.63, 3.8) is 0 Å². The van der Waals surface area contributed by atoms with Crippen molar-refractivity contribution in [2.75, 3.05) is 0 Å². The fraction of sp³-hybridized carbons (Fsp3) is 0.667. The van der Waals surface area contributed by atoms with Gasteiger partial charge in [-0.15, -0.1) is 17.4 Å². The molecule has 0 aromatic carbocycles. The van der Waals surface area contributed by atoms with Crippen molar-refractivity contribution in [1.29, 1.82) is 0 Å². The lowest BCUT2D eigenvalue weighted by Crippen LogP contribution is -2.31. The molecule has 0 saturated carbocycles. The van der Waals surface area contributed by atoms with E-state index < -0.39 is 17.8 Å². The molecule has 1 saturated heterocycles. The molecular formula is C15H21NO4. The van der Waals surface area contributed by atoms with Gasteiger partial charge in [0.15, 0.2) is 0 Å². The molecule has 1 heterocycles. The van der Waals surface area contributed by atoms with Gasteiger partial charge in [0.2, 0.25) is 0 Å². The molecule has 1 fully saturated rings. The number of terminal acetylenes is 1. The molecule has 0 aromatic rings. The van der Waals surface area contributed by atoms with Crippen LogP contribution in [-0.2, 0) is 19.2 Å². The van der Waals surface area contributed by atoms with Gasteiger partial charge < -0.3 is 4.84 Å². The number of imide groups is 1. The Morgan fingerprint density at radius 2 is 1.60 bits per heavy atom. The van der Waals surface area contributed by atoms with Gasteiger partial charge in [-0.25, -0.2) is 4.79 Å². The zero-order valence-electron chi connectivity index (χ0n) is 11.7. The third-order valence-corrected chi connectivity index (χ3v) is 3.15. The van der Waals surface area contributed by atoms with E-state index in [0.29, 0.717) is 11.5 Å². The molecule has 0 radical (unpaired) electrons. The molecule has 0 aliphatic carbocycles. The molecule has 20 heavy (non-hydrogen) atoms. The maximum atomic E-state index is 11.5. The van der Waals surface area contributed by atoms with Gasteiger partial charge in [-0.05, 0) is 12.8 Å². The maximum absolute atomic E-state index is 11.5. The first-order valence-corrected chi connectivity index (χ1v) is 7.15. The van der Waals surface area contributed by atoms with E-state index in [0.717, 1.165) is 38.5 Å². The highest BCUT2D eigenvalue weighted by atomic mass is 16.7. The van der Waals surface area contributed by atoms with Crippen LogP contribution in [0.2, 0.25) is 0 Å². The van der Waals surface area contributed by atoms with Crippen molar-refractivity contribution in [2.24, 2.45) is 0 Å². The number of carbonyl (C=O) groups is 3. The van der Waals surface area contributed by atoms with Crippen LogP contribution in [0.15, 0.2) is 0 Å². The van der Waals surface area contributed by atoms with Gasteiger partial charge in [-0.3, -0.25) is 9.59 Å². The molecule has 0 bridgehead atoms. The van der Waals surface area contributed by atoms with Gasteiger partial charge in [-0.2, -0.15) is 0 Å². The van der Waals surface area contributed by atoms with Crippen LogP contribution in [-0.4, -0.2) is 22.8 Å². The molecule has 0 spiro atoms. The minimum Gasteiger partial charge on any atom is -0.330 e. The lowest BCUT2D eigenvalue weighted by atomic mass is 10.1. The number of amides is 2.